The van der Waals surface area contributed by atoms with Crippen LogP contribution in [0.2, 0.25) is 0 Å². The molecule has 2 amide bonds. The second-order valence-electron chi connectivity index (χ2n) is 7.04. The highest BCUT2D eigenvalue weighted by atomic mass is 35.5. The molecule has 138 valence electrons. The van der Waals surface area contributed by atoms with Crippen molar-refractivity contribution in [2.24, 2.45) is 5.92 Å². The molecule has 5 nitrogen and oxygen atoms in total. The largest absolute Gasteiger partial charge is 0.350 e. The molecule has 1 saturated carbocycles. The molecule has 2 fully saturated rings. The van der Waals surface area contributed by atoms with E-state index in [0.29, 0.717) is 18.5 Å². The first-order valence-electron chi connectivity index (χ1n) is 9.01. The van der Waals surface area contributed by atoms with Crippen LogP contribution in [0.5, 0.6) is 0 Å². The smallest absolute Gasteiger partial charge is 0.242 e. The standard InChI is InChI=1S/C19H27N3O2.ClH/c1-13(18(23)20-12-14-7-3-2-4-8-14)21-19(24)17-11-15-9-5-6-10-16(15)22-17;/h2-4,7-8,13,15-17,22H,5-6,9-12H2,1H3,(H,20,23)(H,21,24);1H. The van der Waals surface area contributed by atoms with Crippen LogP contribution < -0.4 is 16.0 Å². The molecule has 2 aliphatic rings. The third-order valence-electron chi connectivity index (χ3n) is 5.24. The summed E-state index contributed by atoms with van der Waals surface area (Å²) in [5.41, 5.74) is 1.05. The molecule has 3 N–H and O–H groups in total. The normalized spacial score (nSPS) is 26.0. The molecule has 4 unspecified atom stereocenters. The molecule has 1 aliphatic carbocycles. The van der Waals surface area contributed by atoms with Crippen LogP contribution in [0.15, 0.2) is 30.3 Å². The van der Waals surface area contributed by atoms with Crippen molar-refractivity contribution in [2.45, 2.75) is 63.7 Å². The van der Waals surface area contributed by atoms with E-state index in [9.17, 15) is 9.59 Å². The quantitative estimate of drug-likeness (QED) is 0.748. The lowest BCUT2D eigenvalue weighted by atomic mass is 9.85. The number of amides is 2. The van der Waals surface area contributed by atoms with E-state index in [1.165, 1.54) is 25.7 Å². The summed E-state index contributed by atoms with van der Waals surface area (Å²) in [5, 5.41) is 9.18. The topological polar surface area (TPSA) is 70.2 Å². The predicted molar refractivity (Wildman–Crippen MR) is 100 cm³/mol. The SMILES string of the molecule is CC(NC(=O)C1CC2CCCCC2N1)C(=O)NCc1ccccc1.Cl. The minimum absolute atomic E-state index is 0. The first-order chi connectivity index (χ1) is 11.6. The Labute approximate surface area is 155 Å². The third kappa shape index (κ3) is 5.19. The van der Waals surface area contributed by atoms with Gasteiger partial charge in [-0.3, -0.25) is 9.59 Å². The van der Waals surface area contributed by atoms with Crippen LogP contribution >= 0.6 is 12.4 Å². The van der Waals surface area contributed by atoms with Crippen LogP contribution in [0.4, 0.5) is 0 Å². The molecular weight excluding hydrogens is 338 g/mol. The Morgan fingerprint density at radius 2 is 1.92 bits per heavy atom. The highest BCUT2D eigenvalue weighted by Crippen LogP contribution is 2.33. The highest BCUT2D eigenvalue weighted by Gasteiger charge is 2.38. The fourth-order valence-electron chi connectivity index (χ4n) is 3.84. The predicted octanol–water partition coefficient (Wildman–Crippen LogP) is 2.15. The van der Waals surface area contributed by atoms with Gasteiger partial charge < -0.3 is 16.0 Å². The van der Waals surface area contributed by atoms with Gasteiger partial charge >= 0.3 is 0 Å². The van der Waals surface area contributed by atoms with E-state index in [-0.39, 0.29) is 30.3 Å². The fraction of sp³-hybridized carbons (Fsp3) is 0.579. The highest BCUT2D eigenvalue weighted by molar-refractivity contribution is 5.89. The van der Waals surface area contributed by atoms with E-state index in [4.69, 9.17) is 0 Å². The summed E-state index contributed by atoms with van der Waals surface area (Å²) in [6.45, 7) is 2.21. The fourth-order valence-corrected chi connectivity index (χ4v) is 3.84. The number of carbonyl (C=O) groups is 2. The van der Waals surface area contributed by atoms with Crippen molar-refractivity contribution in [2.75, 3.05) is 0 Å². The molecule has 0 spiro atoms. The van der Waals surface area contributed by atoms with Crippen molar-refractivity contribution in [3.05, 3.63) is 35.9 Å². The molecule has 0 radical (unpaired) electrons. The summed E-state index contributed by atoms with van der Waals surface area (Å²) in [6.07, 6.45) is 5.81. The molecule has 0 aromatic heterocycles. The lowest BCUT2D eigenvalue weighted by Gasteiger charge is -2.24. The number of carbonyl (C=O) groups excluding carboxylic acids is 2. The lowest BCUT2D eigenvalue weighted by Crippen LogP contribution is -2.50. The van der Waals surface area contributed by atoms with E-state index < -0.39 is 6.04 Å². The van der Waals surface area contributed by atoms with Gasteiger partial charge in [0.15, 0.2) is 0 Å². The Morgan fingerprint density at radius 3 is 2.64 bits per heavy atom. The summed E-state index contributed by atoms with van der Waals surface area (Å²) >= 11 is 0. The van der Waals surface area contributed by atoms with Gasteiger partial charge in [0, 0.05) is 12.6 Å². The van der Waals surface area contributed by atoms with Crippen molar-refractivity contribution in [1.82, 2.24) is 16.0 Å². The van der Waals surface area contributed by atoms with E-state index in [0.717, 1.165) is 12.0 Å². The van der Waals surface area contributed by atoms with Gasteiger partial charge in [-0.25, -0.2) is 0 Å². The molecule has 0 bridgehead atoms. The monoisotopic (exact) mass is 365 g/mol. The van der Waals surface area contributed by atoms with E-state index in [1.807, 2.05) is 30.3 Å². The number of fused-ring (bicyclic) bond motifs is 1. The zero-order valence-corrected chi connectivity index (χ0v) is 15.5. The molecular formula is C19H28ClN3O2. The van der Waals surface area contributed by atoms with Crippen LogP contribution in [0, 0.1) is 5.92 Å². The molecule has 1 heterocycles. The van der Waals surface area contributed by atoms with Crippen molar-refractivity contribution in [3.63, 3.8) is 0 Å². The number of nitrogens with one attached hydrogen (secondary N) is 3. The maximum absolute atomic E-state index is 12.4. The molecule has 1 aliphatic heterocycles. The first kappa shape index (κ1) is 19.7. The van der Waals surface area contributed by atoms with Gasteiger partial charge in [-0.15, -0.1) is 12.4 Å². The second kappa shape index (κ2) is 9.20. The van der Waals surface area contributed by atoms with Gasteiger partial charge in [0.2, 0.25) is 11.8 Å². The molecule has 1 aromatic rings. The summed E-state index contributed by atoms with van der Waals surface area (Å²) < 4.78 is 0. The zero-order chi connectivity index (χ0) is 16.9. The van der Waals surface area contributed by atoms with Crippen LogP contribution in [-0.4, -0.2) is 29.9 Å². The Morgan fingerprint density at radius 1 is 1.20 bits per heavy atom. The Kier molecular flexibility index (Phi) is 7.26. The van der Waals surface area contributed by atoms with E-state index in [2.05, 4.69) is 16.0 Å². The number of rotatable bonds is 5. The van der Waals surface area contributed by atoms with Gasteiger partial charge in [0.25, 0.3) is 0 Å². The number of benzene rings is 1. The minimum atomic E-state index is -0.523. The molecule has 3 rings (SSSR count). The third-order valence-corrected chi connectivity index (χ3v) is 5.24. The molecule has 6 heteroatoms. The lowest BCUT2D eigenvalue weighted by molar-refractivity contribution is -0.129. The number of hydrogen-bond donors (Lipinski definition) is 3. The zero-order valence-electron chi connectivity index (χ0n) is 14.7. The summed E-state index contributed by atoms with van der Waals surface area (Å²) in [4.78, 5) is 24.6. The Balaban J connectivity index is 0.00000225. The van der Waals surface area contributed by atoms with Crippen molar-refractivity contribution in [3.8, 4) is 0 Å². The van der Waals surface area contributed by atoms with E-state index >= 15 is 0 Å². The van der Waals surface area contributed by atoms with Gasteiger partial charge in [-0.2, -0.15) is 0 Å². The van der Waals surface area contributed by atoms with E-state index in [1.54, 1.807) is 6.92 Å². The van der Waals surface area contributed by atoms with Crippen LogP contribution in [-0.2, 0) is 16.1 Å². The molecule has 1 saturated heterocycles. The van der Waals surface area contributed by atoms with Crippen molar-refractivity contribution in [1.29, 1.82) is 0 Å². The van der Waals surface area contributed by atoms with Crippen molar-refractivity contribution < 1.29 is 9.59 Å². The average Bonchev–Trinajstić information content (AvgIpc) is 3.04. The van der Waals surface area contributed by atoms with Gasteiger partial charge in [-0.05, 0) is 37.7 Å². The number of hydrogen-bond acceptors (Lipinski definition) is 3. The minimum Gasteiger partial charge on any atom is -0.350 e. The molecule has 4 atom stereocenters. The molecule has 1 aromatic carbocycles. The summed E-state index contributed by atoms with van der Waals surface area (Å²) in [7, 11) is 0. The summed E-state index contributed by atoms with van der Waals surface area (Å²) in [5.74, 6) is 0.422. The Hall–Kier alpha value is -1.59. The van der Waals surface area contributed by atoms with Crippen LogP contribution in [0.25, 0.3) is 0 Å². The van der Waals surface area contributed by atoms with Gasteiger partial charge in [-0.1, -0.05) is 43.2 Å². The maximum atomic E-state index is 12.4. The number of halogens is 1. The maximum Gasteiger partial charge on any atom is 0.242 e. The summed E-state index contributed by atoms with van der Waals surface area (Å²) in [6, 6.07) is 9.57. The van der Waals surface area contributed by atoms with Gasteiger partial charge in [0.05, 0.1) is 6.04 Å². The first-order valence-corrected chi connectivity index (χ1v) is 9.01. The van der Waals surface area contributed by atoms with Crippen LogP contribution in [0.3, 0.4) is 0 Å². The second-order valence-corrected chi connectivity index (χ2v) is 7.04. The molecule has 25 heavy (non-hydrogen) atoms. The average molecular weight is 366 g/mol. The Bertz CT molecular complexity index is 567. The van der Waals surface area contributed by atoms with Gasteiger partial charge in [0.1, 0.15) is 6.04 Å². The van der Waals surface area contributed by atoms with Crippen molar-refractivity contribution >= 4 is 24.2 Å². The van der Waals surface area contributed by atoms with Crippen LogP contribution in [0.1, 0.15) is 44.6 Å².